The minimum Gasteiger partial charge on any atom is -0.233 e. The van der Waals surface area contributed by atoms with E-state index in [1.165, 1.54) is 6.33 Å². The highest BCUT2D eigenvalue weighted by Gasteiger charge is 2.13. The molecule has 0 aliphatic heterocycles. The molecule has 0 amide bonds. The first-order valence-corrected chi connectivity index (χ1v) is 4.70. The van der Waals surface area contributed by atoms with Gasteiger partial charge in [-0.05, 0) is 12.5 Å². The Morgan fingerprint density at radius 1 is 1.25 bits per heavy atom. The van der Waals surface area contributed by atoms with Crippen molar-refractivity contribution in [2.24, 2.45) is 0 Å². The molecule has 0 unspecified atom stereocenters. The first-order valence-electron chi connectivity index (χ1n) is 4.70. The second-order valence-electron chi connectivity index (χ2n) is 3.31. The number of rotatable bonds is 1. The maximum atomic E-state index is 13.8. The van der Waals surface area contributed by atoms with Crippen LogP contribution >= 0.6 is 0 Å². The van der Waals surface area contributed by atoms with E-state index >= 15 is 0 Å². The van der Waals surface area contributed by atoms with Gasteiger partial charge in [0.15, 0.2) is 11.5 Å². The van der Waals surface area contributed by atoms with Crippen LogP contribution in [-0.2, 0) is 0 Å². The van der Waals surface area contributed by atoms with Gasteiger partial charge < -0.3 is 0 Å². The summed E-state index contributed by atoms with van der Waals surface area (Å²) in [6, 6.07) is 8.99. The summed E-state index contributed by atoms with van der Waals surface area (Å²) in [7, 11) is 0. The molecule has 2 aromatic rings. The van der Waals surface area contributed by atoms with Crippen LogP contribution in [0.4, 0.5) is 4.39 Å². The summed E-state index contributed by atoms with van der Waals surface area (Å²) in [5, 5.41) is 8.68. The molecule has 1 heterocycles. The van der Waals surface area contributed by atoms with E-state index < -0.39 is 5.82 Å². The Labute approximate surface area is 92.2 Å². The van der Waals surface area contributed by atoms with E-state index in [1.807, 2.05) is 19.1 Å². The largest absolute Gasteiger partial charge is 0.233 e. The van der Waals surface area contributed by atoms with Crippen molar-refractivity contribution in [3.63, 3.8) is 0 Å². The fourth-order valence-electron chi connectivity index (χ4n) is 1.47. The summed E-state index contributed by atoms with van der Waals surface area (Å²) in [5.74, 6) is -0.667. The topological polar surface area (TPSA) is 49.6 Å². The van der Waals surface area contributed by atoms with Crippen molar-refractivity contribution in [2.75, 3.05) is 0 Å². The summed E-state index contributed by atoms with van der Waals surface area (Å²) in [6.45, 7) is 1.86. The zero-order valence-electron chi connectivity index (χ0n) is 8.61. The van der Waals surface area contributed by atoms with Gasteiger partial charge in [0.2, 0.25) is 0 Å². The molecule has 0 atom stereocenters. The van der Waals surface area contributed by atoms with Crippen LogP contribution in [0, 0.1) is 24.1 Å². The number of nitriles is 1. The standard InChI is InChI=1S/C12H8FN3/c1-8-4-2-3-5-9(8)12-11(13)10(6-14)15-7-16-12/h2-5,7H,1H3. The van der Waals surface area contributed by atoms with Crippen molar-refractivity contribution in [1.29, 1.82) is 5.26 Å². The Hall–Kier alpha value is -2.28. The van der Waals surface area contributed by atoms with Crippen LogP contribution in [0.3, 0.4) is 0 Å². The predicted octanol–water partition coefficient (Wildman–Crippen LogP) is 2.46. The highest BCUT2D eigenvalue weighted by Crippen LogP contribution is 2.24. The van der Waals surface area contributed by atoms with Crippen molar-refractivity contribution >= 4 is 0 Å². The lowest BCUT2D eigenvalue weighted by molar-refractivity contribution is 0.613. The van der Waals surface area contributed by atoms with Crippen LogP contribution in [0.1, 0.15) is 11.3 Å². The third kappa shape index (κ3) is 1.63. The summed E-state index contributed by atoms with van der Waals surface area (Å²) >= 11 is 0. The van der Waals surface area contributed by atoms with E-state index in [0.29, 0.717) is 5.56 Å². The maximum absolute atomic E-state index is 13.8. The number of halogens is 1. The van der Waals surface area contributed by atoms with Gasteiger partial charge in [-0.1, -0.05) is 24.3 Å². The molecule has 0 aliphatic rings. The Kier molecular flexibility index (Phi) is 2.61. The molecule has 0 bridgehead atoms. The molecule has 0 N–H and O–H groups in total. The zero-order valence-corrected chi connectivity index (χ0v) is 8.61. The lowest BCUT2D eigenvalue weighted by atomic mass is 10.0. The molecule has 0 aliphatic carbocycles. The van der Waals surface area contributed by atoms with Gasteiger partial charge in [-0.15, -0.1) is 0 Å². The molecular weight excluding hydrogens is 205 g/mol. The number of aryl methyl sites for hydroxylation is 1. The van der Waals surface area contributed by atoms with E-state index in [4.69, 9.17) is 5.26 Å². The summed E-state index contributed by atoms with van der Waals surface area (Å²) in [4.78, 5) is 7.45. The normalized spacial score (nSPS) is 9.81. The lowest BCUT2D eigenvalue weighted by Gasteiger charge is -2.05. The van der Waals surface area contributed by atoms with Gasteiger partial charge in [0.1, 0.15) is 18.1 Å². The van der Waals surface area contributed by atoms with Gasteiger partial charge in [0.25, 0.3) is 0 Å². The Morgan fingerprint density at radius 3 is 2.69 bits per heavy atom. The predicted molar refractivity (Wildman–Crippen MR) is 56.9 cm³/mol. The molecule has 0 fully saturated rings. The Bertz CT molecular complexity index is 573. The second-order valence-corrected chi connectivity index (χ2v) is 3.31. The number of aromatic nitrogens is 2. The van der Waals surface area contributed by atoms with Crippen LogP contribution in [0.15, 0.2) is 30.6 Å². The van der Waals surface area contributed by atoms with E-state index in [2.05, 4.69) is 9.97 Å². The fourth-order valence-corrected chi connectivity index (χ4v) is 1.47. The molecule has 2 rings (SSSR count). The quantitative estimate of drug-likeness (QED) is 0.731. The SMILES string of the molecule is Cc1ccccc1-c1ncnc(C#N)c1F. The van der Waals surface area contributed by atoms with Crippen LogP contribution in [0.5, 0.6) is 0 Å². The van der Waals surface area contributed by atoms with Gasteiger partial charge in [-0.3, -0.25) is 0 Å². The third-order valence-corrected chi connectivity index (χ3v) is 2.30. The van der Waals surface area contributed by atoms with Crippen molar-refractivity contribution < 1.29 is 4.39 Å². The summed E-state index contributed by atoms with van der Waals surface area (Å²) < 4.78 is 13.8. The molecule has 78 valence electrons. The van der Waals surface area contributed by atoms with Crippen molar-refractivity contribution in [3.8, 4) is 17.3 Å². The molecule has 4 heteroatoms. The van der Waals surface area contributed by atoms with Crippen molar-refractivity contribution in [2.45, 2.75) is 6.92 Å². The van der Waals surface area contributed by atoms with Crippen LogP contribution in [0.2, 0.25) is 0 Å². The van der Waals surface area contributed by atoms with Crippen LogP contribution in [-0.4, -0.2) is 9.97 Å². The minimum atomic E-state index is -0.667. The highest BCUT2D eigenvalue weighted by molar-refractivity contribution is 5.64. The maximum Gasteiger partial charge on any atom is 0.185 e. The van der Waals surface area contributed by atoms with Crippen molar-refractivity contribution in [3.05, 3.63) is 47.7 Å². The van der Waals surface area contributed by atoms with Gasteiger partial charge in [-0.25, -0.2) is 14.4 Å². The molecule has 3 nitrogen and oxygen atoms in total. The summed E-state index contributed by atoms with van der Waals surface area (Å²) in [5.41, 5.74) is 1.53. The zero-order chi connectivity index (χ0) is 11.5. The van der Waals surface area contributed by atoms with E-state index in [0.717, 1.165) is 5.56 Å². The molecule has 0 saturated carbocycles. The molecule has 16 heavy (non-hydrogen) atoms. The molecule has 0 saturated heterocycles. The number of nitrogens with zero attached hydrogens (tertiary/aromatic N) is 3. The molecule has 0 radical (unpaired) electrons. The van der Waals surface area contributed by atoms with E-state index in [1.54, 1.807) is 18.2 Å². The summed E-state index contributed by atoms with van der Waals surface area (Å²) in [6.07, 6.45) is 1.20. The monoisotopic (exact) mass is 213 g/mol. The third-order valence-electron chi connectivity index (χ3n) is 2.30. The number of hydrogen-bond acceptors (Lipinski definition) is 3. The second kappa shape index (κ2) is 4.07. The first kappa shape index (κ1) is 10.2. The molecule has 1 aromatic heterocycles. The van der Waals surface area contributed by atoms with Crippen LogP contribution in [0.25, 0.3) is 11.3 Å². The lowest BCUT2D eigenvalue weighted by Crippen LogP contribution is -1.97. The first-order chi connectivity index (χ1) is 7.74. The fraction of sp³-hybridized carbons (Fsp3) is 0.0833. The smallest absolute Gasteiger partial charge is 0.185 e. The highest BCUT2D eigenvalue weighted by atomic mass is 19.1. The molecular formula is C12H8FN3. The molecule has 0 spiro atoms. The van der Waals surface area contributed by atoms with Gasteiger partial charge >= 0.3 is 0 Å². The van der Waals surface area contributed by atoms with E-state index in [9.17, 15) is 4.39 Å². The van der Waals surface area contributed by atoms with E-state index in [-0.39, 0.29) is 11.4 Å². The van der Waals surface area contributed by atoms with Gasteiger partial charge in [-0.2, -0.15) is 5.26 Å². The Morgan fingerprint density at radius 2 is 2.00 bits per heavy atom. The van der Waals surface area contributed by atoms with Crippen LogP contribution < -0.4 is 0 Å². The molecule has 1 aromatic carbocycles. The van der Waals surface area contributed by atoms with Gasteiger partial charge in [0.05, 0.1) is 0 Å². The average Bonchev–Trinajstić information content (AvgIpc) is 2.31. The Balaban J connectivity index is 2.67. The number of benzene rings is 1. The van der Waals surface area contributed by atoms with Gasteiger partial charge in [0, 0.05) is 5.56 Å². The number of hydrogen-bond donors (Lipinski definition) is 0. The average molecular weight is 213 g/mol. The van der Waals surface area contributed by atoms with Crippen molar-refractivity contribution in [1.82, 2.24) is 9.97 Å². The minimum absolute atomic E-state index is 0.171.